The summed E-state index contributed by atoms with van der Waals surface area (Å²) in [6.45, 7) is 0. The molecule has 2 aromatic rings. The standard InChI is InChI=1S/C16H18N2O2S/c19-13-8-11(9-13)16(14-5-3-7-21-14)18-15(20)10-12-4-1-2-6-17-12/h1-7,11,13,16,19H,8-10H2,(H,18,20). The van der Waals surface area contributed by atoms with E-state index in [4.69, 9.17) is 0 Å². The first-order valence-electron chi connectivity index (χ1n) is 7.13. The van der Waals surface area contributed by atoms with Gasteiger partial charge in [0.05, 0.1) is 18.6 Å². The van der Waals surface area contributed by atoms with E-state index in [0.29, 0.717) is 5.92 Å². The van der Waals surface area contributed by atoms with E-state index in [-0.39, 0.29) is 24.5 Å². The van der Waals surface area contributed by atoms with E-state index in [2.05, 4.69) is 10.3 Å². The van der Waals surface area contributed by atoms with Crippen LogP contribution in [0, 0.1) is 5.92 Å². The van der Waals surface area contributed by atoms with E-state index in [1.807, 2.05) is 35.7 Å². The van der Waals surface area contributed by atoms with Crippen LogP contribution in [0.1, 0.15) is 29.5 Å². The van der Waals surface area contributed by atoms with Crippen molar-refractivity contribution in [2.45, 2.75) is 31.4 Å². The van der Waals surface area contributed by atoms with Gasteiger partial charge in [-0.2, -0.15) is 0 Å². The summed E-state index contributed by atoms with van der Waals surface area (Å²) in [4.78, 5) is 17.6. The molecule has 1 fully saturated rings. The Morgan fingerprint density at radius 3 is 2.86 bits per heavy atom. The van der Waals surface area contributed by atoms with Crippen LogP contribution in [0.25, 0.3) is 0 Å². The Morgan fingerprint density at radius 2 is 2.24 bits per heavy atom. The number of nitrogens with one attached hydrogen (secondary N) is 1. The van der Waals surface area contributed by atoms with Crippen molar-refractivity contribution < 1.29 is 9.90 Å². The first-order valence-corrected chi connectivity index (χ1v) is 8.01. The SMILES string of the molecule is O=C(Cc1ccccn1)NC(c1cccs1)C1CC(O)C1. The molecule has 1 aliphatic rings. The average molecular weight is 302 g/mol. The van der Waals surface area contributed by atoms with Gasteiger partial charge in [0, 0.05) is 16.8 Å². The Morgan fingerprint density at radius 1 is 1.38 bits per heavy atom. The number of hydrogen-bond acceptors (Lipinski definition) is 4. The molecule has 1 atom stereocenters. The van der Waals surface area contributed by atoms with Crippen LogP contribution in [-0.2, 0) is 11.2 Å². The summed E-state index contributed by atoms with van der Waals surface area (Å²) in [7, 11) is 0. The quantitative estimate of drug-likeness (QED) is 0.891. The molecule has 0 aliphatic heterocycles. The second-order valence-electron chi connectivity index (χ2n) is 5.44. The molecular formula is C16H18N2O2S. The van der Waals surface area contributed by atoms with Gasteiger partial charge in [0.2, 0.25) is 5.91 Å². The van der Waals surface area contributed by atoms with Crippen LogP contribution in [0.2, 0.25) is 0 Å². The van der Waals surface area contributed by atoms with Gasteiger partial charge in [-0.3, -0.25) is 9.78 Å². The predicted molar refractivity (Wildman–Crippen MR) is 81.9 cm³/mol. The highest BCUT2D eigenvalue weighted by atomic mass is 32.1. The van der Waals surface area contributed by atoms with Crippen molar-refractivity contribution in [3.05, 3.63) is 52.5 Å². The van der Waals surface area contributed by atoms with Crippen molar-refractivity contribution in [2.24, 2.45) is 5.92 Å². The van der Waals surface area contributed by atoms with Crippen LogP contribution in [0.4, 0.5) is 0 Å². The zero-order valence-corrected chi connectivity index (χ0v) is 12.4. The first kappa shape index (κ1) is 14.2. The molecule has 0 spiro atoms. The Bertz CT molecular complexity index is 580. The lowest BCUT2D eigenvalue weighted by Crippen LogP contribution is -2.41. The molecule has 2 heterocycles. The van der Waals surface area contributed by atoms with Gasteiger partial charge in [-0.25, -0.2) is 0 Å². The molecule has 110 valence electrons. The third kappa shape index (κ3) is 3.49. The monoisotopic (exact) mass is 302 g/mol. The summed E-state index contributed by atoms with van der Waals surface area (Å²) in [5.41, 5.74) is 0.772. The summed E-state index contributed by atoms with van der Waals surface area (Å²) in [6, 6.07) is 9.62. The first-order chi connectivity index (χ1) is 10.2. The summed E-state index contributed by atoms with van der Waals surface area (Å²) in [6.07, 6.45) is 3.28. The summed E-state index contributed by atoms with van der Waals surface area (Å²) < 4.78 is 0. The van der Waals surface area contributed by atoms with Gasteiger partial charge in [-0.15, -0.1) is 11.3 Å². The third-order valence-electron chi connectivity index (χ3n) is 3.86. The normalized spacial score (nSPS) is 22.3. The van der Waals surface area contributed by atoms with Gasteiger partial charge in [-0.05, 0) is 42.3 Å². The third-order valence-corrected chi connectivity index (χ3v) is 4.81. The smallest absolute Gasteiger partial charge is 0.226 e. The second-order valence-corrected chi connectivity index (χ2v) is 6.42. The maximum absolute atomic E-state index is 12.2. The van der Waals surface area contributed by atoms with E-state index in [1.165, 1.54) is 0 Å². The number of pyridine rings is 1. The molecule has 21 heavy (non-hydrogen) atoms. The van der Waals surface area contributed by atoms with Crippen molar-refractivity contribution >= 4 is 17.2 Å². The van der Waals surface area contributed by atoms with Gasteiger partial charge >= 0.3 is 0 Å². The maximum Gasteiger partial charge on any atom is 0.226 e. The van der Waals surface area contributed by atoms with Crippen LogP contribution in [0.15, 0.2) is 41.9 Å². The molecular weight excluding hydrogens is 284 g/mol. The number of amides is 1. The lowest BCUT2D eigenvalue weighted by molar-refractivity contribution is -0.122. The molecule has 1 unspecified atom stereocenters. The minimum atomic E-state index is -0.217. The molecule has 1 aliphatic carbocycles. The Hall–Kier alpha value is -1.72. The number of thiophene rings is 1. The summed E-state index contributed by atoms with van der Waals surface area (Å²) >= 11 is 1.65. The number of aliphatic hydroxyl groups is 1. The van der Waals surface area contributed by atoms with Crippen molar-refractivity contribution in [3.8, 4) is 0 Å². The molecule has 5 heteroatoms. The van der Waals surface area contributed by atoms with Crippen molar-refractivity contribution in [3.63, 3.8) is 0 Å². The highest BCUT2D eigenvalue weighted by molar-refractivity contribution is 7.10. The molecule has 0 aromatic carbocycles. The van der Waals surface area contributed by atoms with Crippen LogP contribution < -0.4 is 5.32 Å². The lowest BCUT2D eigenvalue weighted by atomic mass is 9.76. The Labute approximate surface area is 127 Å². The minimum Gasteiger partial charge on any atom is -0.393 e. The summed E-state index contributed by atoms with van der Waals surface area (Å²) in [5.74, 6) is 0.305. The molecule has 4 nitrogen and oxygen atoms in total. The predicted octanol–water partition coefficient (Wildman–Crippen LogP) is 2.31. The molecule has 1 amide bonds. The van der Waals surface area contributed by atoms with E-state index < -0.39 is 0 Å². The van der Waals surface area contributed by atoms with Crippen LogP contribution >= 0.6 is 11.3 Å². The van der Waals surface area contributed by atoms with Crippen LogP contribution in [0.3, 0.4) is 0 Å². The molecule has 0 saturated heterocycles. The van der Waals surface area contributed by atoms with Crippen molar-refractivity contribution in [1.82, 2.24) is 10.3 Å². The number of rotatable bonds is 5. The van der Waals surface area contributed by atoms with Crippen molar-refractivity contribution in [1.29, 1.82) is 0 Å². The Balaban J connectivity index is 1.65. The van der Waals surface area contributed by atoms with E-state index in [0.717, 1.165) is 23.4 Å². The lowest BCUT2D eigenvalue weighted by Gasteiger charge is -2.37. The van der Waals surface area contributed by atoms with Crippen LogP contribution in [0.5, 0.6) is 0 Å². The fraction of sp³-hybridized carbons (Fsp3) is 0.375. The second kappa shape index (κ2) is 6.37. The molecule has 0 radical (unpaired) electrons. The highest BCUT2D eigenvalue weighted by Gasteiger charge is 2.36. The molecule has 2 aromatic heterocycles. The number of nitrogens with zero attached hydrogens (tertiary/aromatic N) is 1. The van der Waals surface area contributed by atoms with Gasteiger partial charge in [-0.1, -0.05) is 12.1 Å². The van der Waals surface area contributed by atoms with E-state index in [9.17, 15) is 9.90 Å². The number of carbonyl (C=O) groups excluding carboxylic acids is 1. The fourth-order valence-corrected chi connectivity index (χ4v) is 3.55. The zero-order chi connectivity index (χ0) is 14.7. The van der Waals surface area contributed by atoms with Gasteiger partial charge in [0.25, 0.3) is 0 Å². The Kier molecular flexibility index (Phi) is 4.31. The molecule has 3 rings (SSSR count). The maximum atomic E-state index is 12.2. The fourth-order valence-electron chi connectivity index (χ4n) is 2.68. The van der Waals surface area contributed by atoms with Gasteiger partial charge < -0.3 is 10.4 Å². The van der Waals surface area contributed by atoms with Crippen LogP contribution in [-0.4, -0.2) is 22.1 Å². The number of aliphatic hydroxyl groups excluding tert-OH is 1. The minimum absolute atomic E-state index is 0.00427. The van der Waals surface area contributed by atoms with Gasteiger partial charge in [0.15, 0.2) is 0 Å². The average Bonchev–Trinajstić information content (AvgIpc) is 2.97. The topological polar surface area (TPSA) is 62.2 Å². The summed E-state index contributed by atoms with van der Waals surface area (Å²) in [5, 5.41) is 14.6. The number of hydrogen-bond donors (Lipinski definition) is 2. The molecule has 2 N–H and O–H groups in total. The number of aromatic nitrogens is 1. The van der Waals surface area contributed by atoms with E-state index >= 15 is 0 Å². The highest BCUT2D eigenvalue weighted by Crippen LogP contribution is 2.39. The van der Waals surface area contributed by atoms with E-state index in [1.54, 1.807) is 17.5 Å². The molecule has 1 saturated carbocycles. The largest absolute Gasteiger partial charge is 0.393 e. The van der Waals surface area contributed by atoms with Gasteiger partial charge in [0.1, 0.15) is 0 Å². The number of carbonyl (C=O) groups is 1. The molecule has 0 bridgehead atoms. The zero-order valence-electron chi connectivity index (χ0n) is 11.6. The van der Waals surface area contributed by atoms with Crippen molar-refractivity contribution in [2.75, 3.05) is 0 Å².